The largest absolute Gasteiger partial charge is 0.473 e. The lowest BCUT2D eigenvalue weighted by molar-refractivity contribution is -0.141. The number of rotatable bonds is 7. The van der Waals surface area contributed by atoms with Crippen LogP contribution < -0.4 is 20.1 Å². The number of alkyl halides is 3. The first kappa shape index (κ1) is 26.4. The van der Waals surface area contributed by atoms with Gasteiger partial charge in [0, 0.05) is 44.0 Å². The summed E-state index contributed by atoms with van der Waals surface area (Å²) in [7, 11) is 0. The molecule has 216 valence electrons. The summed E-state index contributed by atoms with van der Waals surface area (Å²) in [5.41, 5.74) is 0.0130. The van der Waals surface area contributed by atoms with Gasteiger partial charge in [-0.1, -0.05) is 36.4 Å². The Bertz CT molecular complexity index is 1710. The minimum absolute atomic E-state index is 0.0702. The highest BCUT2D eigenvalue weighted by molar-refractivity contribution is 5.53. The number of hydrogen-bond acceptors (Lipinski definition) is 7. The zero-order chi connectivity index (χ0) is 29.1. The van der Waals surface area contributed by atoms with Crippen LogP contribution in [0.15, 0.2) is 77.7 Å². The van der Waals surface area contributed by atoms with E-state index >= 15 is 0 Å². The molecule has 2 aromatic heterocycles. The Morgan fingerprint density at radius 1 is 1.00 bits per heavy atom. The highest BCUT2D eigenvalue weighted by Crippen LogP contribution is 2.48. The van der Waals surface area contributed by atoms with Gasteiger partial charge >= 0.3 is 11.9 Å². The van der Waals surface area contributed by atoms with Crippen molar-refractivity contribution >= 4 is 5.82 Å². The number of anilines is 1. The fourth-order valence-corrected chi connectivity index (χ4v) is 6.30. The molecule has 0 unspecified atom stereocenters. The molecule has 7 rings (SSSR count). The summed E-state index contributed by atoms with van der Waals surface area (Å²) in [6.45, 7) is 3.04. The van der Waals surface area contributed by atoms with Crippen LogP contribution in [0.3, 0.4) is 0 Å². The van der Waals surface area contributed by atoms with E-state index in [4.69, 9.17) is 9.47 Å². The highest BCUT2D eigenvalue weighted by atomic mass is 19.4. The van der Waals surface area contributed by atoms with Crippen molar-refractivity contribution in [2.24, 2.45) is 0 Å². The number of piperazine rings is 1. The van der Waals surface area contributed by atoms with Crippen molar-refractivity contribution < 1.29 is 27.0 Å². The van der Waals surface area contributed by atoms with Crippen molar-refractivity contribution in [2.75, 3.05) is 18.0 Å². The van der Waals surface area contributed by atoms with Crippen LogP contribution >= 0.6 is 0 Å². The summed E-state index contributed by atoms with van der Waals surface area (Å²) in [4.78, 5) is 25.1. The molecule has 42 heavy (non-hydrogen) atoms. The van der Waals surface area contributed by atoms with Gasteiger partial charge in [-0.15, -0.1) is 0 Å². The van der Waals surface area contributed by atoms with Gasteiger partial charge in [-0.3, -0.25) is 14.5 Å². The average molecular weight is 580 g/mol. The molecule has 2 saturated heterocycles. The van der Waals surface area contributed by atoms with Crippen molar-refractivity contribution in [1.29, 1.82) is 0 Å². The number of pyridine rings is 1. The zero-order valence-corrected chi connectivity index (χ0v) is 22.2. The van der Waals surface area contributed by atoms with Gasteiger partial charge < -0.3 is 14.4 Å². The molecule has 0 radical (unpaired) electrons. The van der Waals surface area contributed by atoms with E-state index in [1.165, 1.54) is 23.8 Å². The molecule has 2 aromatic carbocycles. The van der Waals surface area contributed by atoms with Crippen LogP contribution in [0, 0.1) is 5.82 Å². The first-order valence-corrected chi connectivity index (χ1v) is 13.5. The maximum Gasteiger partial charge on any atom is 0.433 e. The number of fused-ring (bicyclic) bond motifs is 3. The van der Waals surface area contributed by atoms with E-state index in [1.807, 2.05) is 18.2 Å². The van der Waals surface area contributed by atoms with Gasteiger partial charge in [0.2, 0.25) is 5.88 Å². The third kappa shape index (κ3) is 4.75. The van der Waals surface area contributed by atoms with E-state index in [1.54, 1.807) is 10.6 Å². The summed E-state index contributed by atoms with van der Waals surface area (Å²) in [5.74, 6) is -0.303. The number of aromatic nitrogens is 3. The van der Waals surface area contributed by atoms with Crippen LogP contribution in [-0.2, 0) is 25.9 Å². The Morgan fingerprint density at radius 3 is 2.62 bits per heavy atom. The molecule has 2 fully saturated rings. The Morgan fingerprint density at radius 2 is 1.83 bits per heavy atom. The average Bonchev–Trinajstić information content (AvgIpc) is 3.60. The van der Waals surface area contributed by atoms with Crippen LogP contribution in [-0.4, -0.2) is 44.1 Å². The maximum absolute atomic E-state index is 14.7. The van der Waals surface area contributed by atoms with E-state index in [-0.39, 0.29) is 29.5 Å². The van der Waals surface area contributed by atoms with Crippen molar-refractivity contribution in [3.8, 4) is 17.4 Å². The zero-order valence-electron chi connectivity index (χ0n) is 22.2. The van der Waals surface area contributed by atoms with E-state index in [2.05, 4.69) is 31.9 Å². The van der Waals surface area contributed by atoms with Crippen molar-refractivity contribution in [3.63, 3.8) is 0 Å². The van der Waals surface area contributed by atoms with Gasteiger partial charge in [0.05, 0.1) is 12.1 Å². The molecule has 0 aliphatic carbocycles. The summed E-state index contributed by atoms with van der Waals surface area (Å²) >= 11 is 0. The molecule has 3 aliphatic rings. The van der Waals surface area contributed by atoms with E-state index in [0.717, 1.165) is 44.1 Å². The van der Waals surface area contributed by atoms with Crippen molar-refractivity contribution in [3.05, 3.63) is 106 Å². The molecule has 1 spiro atoms. The predicted octanol–water partition coefficient (Wildman–Crippen LogP) is 5.01. The van der Waals surface area contributed by atoms with E-state index < -0.39 is 23.4 Å². The second kappa shape index (κ2) is 9.83. The number of nitrogens with zero attached hydrogens (tertiary/aromatic N) is 5. The lowest BCUT2D eigenvalue weighted by Gasteiger charge is -2.38. The van der Waals surface area contributed by atoms with Gasteiger partial charge in [0.1, 0.15) is 23.9 Å². The molecule has 2 bridgehead atoms. The molecule has 8 nitrogen and oxygen atoms in total. The molecule has 2 atom stereocenters. The molecule has 0 saturated carbocycles. The standard InChI is InChI=1S/C30H25F4N5O3/c31-23-10-20(6-7-24(23)42-22-8-9-35-25(11-22)30(32,33)34)16-41-26-12-27-38(28(40)36-26)18-29-13-21(15-39(27)29)37(17-29)14-19-4-2-1-3-5-19/h1-12,21H,13-18H2/t21-,29-/m0/s1. The Hall–Kier alpha value is -4.45. The predicted molar refractivity (Wildman–Crippen MR) is 144 cm³/mol. The van der Waals surface area contributed by atoms with Gasteiger partial charge in [-0.25, -0.2) is 9.18 Å². The number of halogens is 4. The second-order valence-corrected chi connectivity index (χ2v) is 10.9. The fourth-order valence-electron chi connectivity index (χ4n) is 6.30. The number of likely N-dealkylation sites (tertiary alicyclic amines) is 1. The number of hydrogen-bond donors (Lipinski definition) is 0. The SMILES string of the molecule is O=c1nc(OCc2ccc(Oc3ccnc(C(F)(F)F)c3)c(F)c2)cc2n1C[C@@]13C[C@@H](CN21)N(Cc1ccccc1)C3. The summed E-state index contributed by atoms with van der Waals surface area (Å²) < 4.78 is 66.3. The quantitative estimate of drug-likeness (QED) is 0.285. The Labute approximate surface area is 237 Å². The molecule has 0 N–H and O–H groups in total. The molecule has 3 aliphatic heterocycles. The van der Waals surface area contributed by atoms with Gasteiger partial charge in [0.15, 0.2) is 11.6 Å². The Kier molecular flexibility index (Phi) is 6.19. The third-order valence-electron chi connectivity index (χ3n) is 8.15. The van der Waals surface area contributed by atoms with E-state index in [9.17, 15) is 22.4 Å². The smallest absolute Gasteiger partial charge is 0.433 e. The molecular formula is C30H25F4N5O3. The molecule has 5 heterocycles. The maximum atomic E-state index is 14.7. The van der Waals surface area contributed by atoms with Crippen molar-refractivity contribution in [2.45, 2.75) is 43.9 Å². The van der Waals surface area contributed by atoms with E-state index in [0.29, 0.717) is 24.2 Å². The molecular weight excluding hydrogens is 554 g/mol. The van der Waals surface area contributed by atoms with Crippen molar-refractivity contribution in [1.82, 2.24) is 19.4 Å². The van der Waals surface area contributed by atoms with Crippen LogP contribution in [0.25, 0.3) is 0 Å². The van der Waals surface area contributed by atoms with Gasteiger partial charge in [0.25, 0.3) is 0 Å². The van der Waals surface area contributed by atoms with Crippen LogP contribution in [0.1, 0.15) is 23.2 Å². The topological polar surface area (TPSA) is 72.7 Å². The van der Waals surface area contributed by atoms with Gasteiger partial charge in [-0.2, -0.15) is 18.2 Å². The van der Waals surface area contributed by atoms with Crippen LogP contribution in [0.2, 0.25) is 0 Å². The second-order valence-electron chi connectivity index (χ2n) is 10.9. The third-order valence-corrected chi connectivity index (χ3v) is 8.15. The van der Waals surface area contributed by atoms with Gasteiger partial charge in [-0.05, 0) is 35.7 Å². The minimum Gasteiger partial charge on any atom is -0.473 e. The number of ether oxygens (including phenoxy) is 2. The van der Waals surface area contributed by atoms with Crippen LogP contribution in [0.4, 0.5) is 23.4 Å². The summed E-state index contributed by atoms with van der Waals surface area (Å²) in [6.07, 6.45) is -2.73. The first-order valence-electron chi connectivity index (χ1n) is 13.5. The lowest BCUT2D eigenvalue weighted by atomic mass is 10.0. The molecule has 4 aromatic rings. The Balaban J connectivity index is 1.02. The summed E-state index contributed by atoms with van der Waals surface area (Å²) in [6, 6.07) is 18.4. The normalized spacial score (nSPS) is 21.0. The summed E-state index contributed by atoms with van der Waals surface area (Å²) in [5, 5.41) is 0. The molecule has 12 heteroatoms. The first-order chi connectivity index (χ1) is 20.2. The van der Waals surface area contributed by atoms with Crippen LogP contribution in [0.5, 0.6) is 17.4 Å². The molecule has 0 amide bonds. The minimum atomic E-state index is -4.65. The monoisotopic (exact) mass is 579 g/mol. The fraction of sp³-hybridized carbons (Fsp3) is 0.300. The number of benzene rings is 2. The highest BCUT2D eigenvalue weighted by Gasteiger charge is 2.58. The lowest BCUT2D eigenvalue weighted by Crippen LogP contribution is -2.52.